The van der Waals surface area contributed by atoms with Crippen LogP contribution in [0.5, 0.6) is 11.5 Å². The van der Waals surface area contributed by atoms with Gasteiger partial charge in [0.1, 0.15) is 23.4 Å². The van der Waals surface area contributed by atoms with Crippen molar-refractivity contribution in [2.45, 2.75) is 94.5 Å². The molecule has 2 fully saturated rings. The molecule has 8 rings (SSSR count). The molecule has 8 nitrogen and oxygen atoms in total. The summed E-state index contributed by atoms with van der Waals surface area (Å²) >= 11 is 0. The number of rotatable bonds is 12. The van der Waals surface area contributed by atoms with E-state index in [2.05, 4.69) is 70.9 Å². The molecule has 0 bridgehead atoms. The lowest BCUT2D eigenvalue weighted by Gasteiger charge is -2.34. The summed E-state index contributed by atoms with van der Waals surface area (Å²) in [5.41, 5.74) is 6.91. The Kier molecular flexibility index (Phi) is 11.0. The fourth-order valence-corrected chi connectivity index (χ4v) is 9.42. The Morgan fingerprint density at radius 2 is 1.55 bits per heavy atom. The number of aromatic hydroxyl groups is 1. The van der Waals surface area contributed by atoms with E-state index in [1.807, 2.05) is 18.2 Å². The summed E-state index contributed by atoms with van der Waals surface area (Å²) in [5.74, 6) is 0.454. The minimum Gasteiger partial charge on any atom is -0.508 e. The molecule has 3 aliphatic heterocycles. The number of amides is 3. The number of aryl methyl sites for hydroxylation is 1. The van der Waals surface area contributed by atoms with Gasteiger partial charge in [0.05, 0.1) is 6.61 Å². The summed E-state index contributed by atoms with van der Waals surface area (Å²) in [6.07, 6.45) is 8.59. The zero-order valence-electron chi connectivity index (χ0n) is 31.4. The van der Waals surface area contributed by atoms with Gasteiger partial charge in [-0.25, -0.2) is 4.39 Å². The lowest BCUT2D eigenvalue weighted by Crippen LogP contribution is -2.52. The number of likely N-dealkylation sites (tertiary alicyclic amines) is 1. The summed E-state index contributed by atoms with van der Waals surface area (Å²) in [7, 11) is 0. The van der Waals surface area contributed by atoms with E-state index < -0.39 is 11.9 Å². The van der Waals surface area contributed by atoms with Gasteiger partial charge in [-0.1, -0.05) is 67.4 Å². The van der Waals surface area contributed by atoms with Crippen LogP contribution in [0.25, 0.3) is 0 Å². The van der Waals surface area contributed by atoms with Gasteiger partial charge in [-0.2, -0.15) is 0 Å². The van der Waals surface area contributed by atoms with Crippen molar-refractivity contribution in [2.75, 3.05) is 26.2 Å². The number of halogens is 1. The van der Waals surface area contributed by atoms with Crippen LogP contribution in [-0.2, 0) is 22.6 Å². The zero-order valence-corrected chi connectivity index (χ0v) is 31.4. The number of benzene rings is 4. The number of phenolic OH excluding ortho intramolecular Hbond substituents is 1. The molecule has 3 heterocycles. The van der Waals surface area contributed by atoms with Crippen LogP contribution in [0.15, 0.2) is 84.9 Å². The van der Waals surface area contributed by atoms with Crippen molar-refractivity contribution in [3.63, 3.8) is 0 Å². The van der Waals surface area contributed by atoms with Crippen LogP contribution in [0, 0.1) is 5.82 Å². The number of carbonyl (C=O) groups is 3. The van der Waals surface area contributed by atoms with Gasteiger partial charge >= 0.3 is 0 Å². The number of nitrogens with one attached hydrogen (secondary N) is 1. The maximum atomic E-state index is 15.4. The van der Waals surface area contributed by atoms with Gasteiger partial charge in [0.25, 0.3) is 5.91 Å². The summed E-state index contributed by atoms with van der Waals surface area (Å²) in [5, 5.41) is 12.5. The van der Waals surface area contributed by atoms with Crippen LogP contribution in [0.4, 0.5) is 4.39 Å². The van der Waals surface area contributed by atoms with Gasteiger partial charge in [-0.15, -0.1) is 0 Å². The van der Waals surface area contributed by atoms with Gasteiger partial charge in [-0.3, -0.25) is 19.7 Å². The highest BCUT2D eigenvalue weighted by atomic mass is 19.1. The Morgan fingerprint density at radius 1 is 0.764 bits per heavy atom. The van der Waals surface area contributed by atoms with Crippen LogP contribution < -0.4 is 10.1 Å². The van der Waals surface area contributed by atoms with Crippen molar-refractivity contribution >= 4 is 17.7 Å². The number of hydrogen-bond donors (Lipinski definition) is 2. The highest BCUT2D eigenvalue weighted by molar-refractivity contribution is 6.05. The van der Waals surface area contributed by atoms with Gasteiger partial charge in [-0.05, 0) is 140 Å². The van der Waals surface area contributed by atoms with Crippen molar-refractivity contribution < 1.29 is 28.6 Å². The van der Waals surface area contributed by atoms with Gasteiger partial charge in [0.15, 0.2) is 0 Å². The van der Waals surface area contributed by atoms with E-state index in [1.54, 1.807) is 0 Å². The third-order valence-electron chi connectivity index (χ3n) is 12.4. The quantitative estimate of drug-likeness (QED) is 0.113. The SMILES string of the molecule is O=C1CCC(N2Cc3cc(C4CCN(CCCCCCOc5ccc([C@@H]6c7ccc(O)cc7CC[C@@H]6c6ccccc6)cc5)CC4)c(F)cc3C2=O)C(=O)N1. The molecular formula is C46H50FN3O5. The Labute approximate surface area is 322 Å². The Morgan fingerprint density at radius 3 is 2.33 bits per heavy atom. The van der Waals surface area contributed by atoms with E-state index in [-0.39, 0.29) is 42.4 Å². The fraction of sp³-hybridized carbons (Fsp3) is 0.413. The van der Waals surface area contributed by atoms with Crippen molar-refractivity contribution in [2.24, 2.45) is 0 Å². The second kappa shape index (κ2) is 16.4. The first-order valence-electron chi connectivity index (χ1n) is 20.1. The Balaban J connectivity index is 0.763. The largest absolute Gasteiger partial charge is 0.508 e. The third-order valence-corrected chi connectivity index (χ3v) is 12.4. The van der Waals surface area contributed by atoms with Crippen LogP contribution in [-0.4, -0.2) is 64.9 Å². The van der Waals surface area contributed by atoms with E-state index >= 15 is 4.39 Å². The Bertz CT molecular complexity index is 2030. The van der Waals surface area contributed by atoms with E-state index in [9.17, 15) is 19.5 Å². The maximum Gasteiger partial charge on any atom is 0.255 e. The highest BCUT2D eigenvalue weighted by Crippen LogP contribution is 2.47. The molecule has 4 aromatic rings. The molecule has 1 unspecified atom stereocenters. The molecular weight excluding hydrogens is 694 g/mol. The molecule has 0 aromatic heterocycles. The molecule has 2 N–H and O–H groups in total. The number of carbonyl (C=O) groups excluding carboxylic acids is 3. The number of phenols is 1. The van der Waals surface area contributed by atoms with Gasteiger partial charge < -0.3 is 19.6 Å². The fourth-order valence-electron chi connectivity index (χ4n) is 9.42. The van der Waals surface area contributed by atoms with Crippen LogP contribution in [0.1, 0.15) is 119 Å². The molecule has 4 aliphatic rings. The molecule has 0 spiro atoms. The lowest BCUT2D eigenvalue weighted by atomic mass is 9.69. The topological polar surface area (TPSA) is 99.2 Å². The molecule has 2 saturated heterocycles. The van der Waals surface area contributed by atoms with Crippen molar-refractivity contribution in [3.8, 4) is 11.5 Å². The number of hydrogen-bond acceptors (Lipinski definition) is 6. The first-order chi connectivity index (χ1) is 26.8. The van der Waals surface area contributed by atoms with Crippen molar-refractivity contribution in [1.29, 1.82) is 0 Å². The molecule has 9 heteroatoms. The van der Waals surface area contributed by atoms with E-state index in [0.29, 0.717) is 35.8 Å². The molecule has 0 radical (unpaired) electrons. The lowest BCUT2D eigenvalue weighted by molar-refractivity contribution is -0.136. The van der Waals surface area contributed by atoms with Crippen molar-refractivity contribution in [3.05, 3.63) is 130 Å². The van der Waals surface area contributed by atoms with Crippen LogP contribution in [0.2, 0.25) is 0 Å². The highest BCUT2D eigenvalue weighted by Gasteiger charge is 2.40. The molecule has 1 aliphatic carbocycles. The first-order valence-corrected chi connectivity index (χ1v) is 20.1. The molecule has 55 heavy (non-hydrogen) atoms. The predicted octanol–water partition coefficient (Wildman–Crippen LogP) is 7.97. The van der Waals surface area contributed by atoms with Crippen molar-refractivity contribution in [1.82, 2.24) is 15.1 Å². The standard InChI is InChI=1S/C46H50FN3O5/c47-41-28-40-34(29-50(46(40)54)42-18-19-43(52)48-45(42)53)27-39(41)31-20-23-49(24-21-31)22-6-1-2-7-25-55-36-14-10-32(11-15-36)44-37(30-8-4-3-5-9-30)16-12-33-26-35(51)13-17-38(33)44/h3-5,8-11,13-15,17,26-28,31,37,42,44,51H,1-2,6-7,12,16,18-25,29H2,(H,48,52,53)/t37-,42?,44+/m1/s1. The number of fused-ring (bicyclic) bond motifs is 2. The summed E-state index contributed by atoms with van der Waals surface area (Å²) < 4.78 is 21.5. The minimum atomic E-state index is -0.699. The van der Waals surface area contributed by atoms with E-state index in [0.717, 1.165) is 82.3 Å². The molecule has 286 valence electrons. The molecule has 3 amide bonds. The predicted molar refractivity (Wildman–Crippen MR) is 209 cm³/mol. The molecule has 3 atom stereocenters. The zero-order chi connectivity index (χ0) is 37.9. The van der Waals surface area contributed by atoms with Gasteiger partial charge in [0.2, 0.25) is 11.8 Å². The van der Waals surface area contributed by atoms with Gasteiger partial charge in [0, 0.05) is 24.4 Å². The first kappa shape index (κ1) is 36.9. The number of imide groups is 1. The maximum absolute atomic E-state index is 15.4. The average molecular weight is 744 g/mol. The second-order valence-electron chi connectivity index (χ2n) is 15.8. The average Bonchev–Trinajstić information content (AvgIpc) is 3.51. The second-order valence-corrected chi connectivity index (χ2v) is 15.8. The minimum absolute atomic E-state index is 0.103. The summed E-state index contributed by atoms with van der Waals surface area (Å²) in [6.45, 7) is 3.82. The number of piperidine rings is 2. The number of unbranched alkanes of at least 4 members (excludes halogenated alkanes) is 3. The van der Waals surface area contributed by atoms with Crippen LogP contribution in [0.3, 0.4) is 0 Å². The summed E-state index contributed by atoms with van der Waals surface area (Å²) in [6, 6.07) is 27.7. The monoisotopic (exact) mass is 743 g/mol. The summed E-state index contributed by atoms with van der Waals surface area (Å²) in [4.78, 5) is 41.0. The third kappa shape index (κ3) is 8.04. The van der Waals surface area contributed by atoms with E-state index in [4.69, 9.17) is 4.74 Å². The molecule has 4 aromatic carbocycles. The van der Waals surface area contributed by atoms with Crippen LogP contribution >= 0.6 is 0 Å². The van der Waals surface area contributed by atoms with E-state index in [1.165, 1.54) is 33.2 Å². The molecule has 0 saturated carbocycles. The smallest absolute Gasteiger partial charge is 0.255 e. The number of ether oxygens (including phenoxy) is 1. The number of nitrogens with zero attached hydrogens (tertiary/aromatic N) is 2. The normalized spacial score (nSPS) is 21.7. The Hall–Kier alpha value is -5.02.